The molecule has 0 spiro atoms. The van der Waals surface area contributed by atoms with Crippen LogP contribution in [0.25, 0.3) is 0 Å². The maximum absolute atomic E-state index is 13.9. The number of rotatable bonds is 1. The Kier molecular flexibility index (Phi) is 3.06. The summed E-state index contributed by atoms with van der Waals surface area (Å²) in [6.45, 7) is 0. The number of hydrogen-bond donors (Lipinski definition) is 2. The van der Waals surface area contributed by atoms with Crippen molar-refractivity contribution < 1.29 is 9.18 Å². The Morgan fingerprint density at radius 3 is 2.84 bits per heavy atom. The highest BCUT2D eigenvalue weighted by molar-refractivity contribution is 7.80. The molecule has 19 heavy (non-hydrogen) atoms. The lowest BCUT2D eigenvalue weighted by molar-refractivity contribution is -0.116. The number of carbonyl (C=O) groups is 1. The predicted molar refractivity (Wildman–Crippen MR) is 73.9 cm³/mol. The van der Waals surface area contributed by atoms with Crippen LogP contribution in [0.1, 0.15) is 30.9 Å². The van der Waals surface area contributed by atoms with E-state index >= 15 is 0 Å². The summed E-state index contributed by atoms with van der Waals surface area (Å²) in [4.78, 5) is 12.1. The van der Waals surface area contributed by atoms with Crippen molar-refractivity contribution in [3.8, 4) is 0 Å². The fraction of sp³-hybridized carbons (Fsp3) is 0.286. The van der Waals surface area contributed by atoms with E-state index in [1.54, 1.807) is 18.2 Å². The summed E-state index contributed by atoms with van der Waals surface area (Å²) in [6.07, 6.45) is 2.12. The Bertz CT molecular complexity index is 597. The third-order valence-electron chi connectivity index (χ3n) is 3.50. The highest BCUT2D eigenvalue weighted by Gasteiger charge is 2.34. The first-order valence-corrected chi connectivity index (χ1v) is 6.66. The van der Waals surface area contributed by atoms with Crippen molar-refractivity contribution in [3.63, 3.8) is 0 Å². The molecular formula is C14H13FN2OS. The molecule has 0 bridgehead atoms. The van der Waals surface area contributed by atoms with Gasteiger partial charge in [0.15, 0.2) is 10.9 Å². The van der Waals surface area contributed by atoms with Gasteiger partial charge in [0, 0.05) is 23.3 Å². The molecule has 0 radical (unpaired) electrons. The molecule has 0 fully saturated rings. The van der Waals surface area contributed by atoms with Gasteiger partial charge in [-0.25, -0.2) is 4.39 Å². The van der Waals surface area contributed by atoms with Crippen LogP contribution in [0.2, 0.25) is 0 Å². The first-order chi connectivity index (χ1) is 9.16. The van der Waals surface area contributed by atoms with Crippen LogP contribution in [0, 0.1) is 5.82 Å². The molecule has 0 amide bonds. The van der Waals surface area contributed by atoms with Crippen LogP contribution >= 0.6 is 12.2 Å². The van der Waals surface area contributed by atoms with E-state index in [2.05, 4.69) is 10.6 Å². The van der Waals surface area contributed by atoms with E-state index in [1.807, 2.05) is 0 Å². The van der Waals surface area contributed by atoms with Crippen LogP contribution in [0.5, 0.6) is 0 Å². The highest BCUT2D eigenvalue weighted by Crippen LogP contribution is 2.34. The second-order valence-electron chi connectivity index (χ2n) is 4.72. The van der Waals surface area contributed by atoms with Gasteiger partial charge in [-0.15, -0.1) is 0 Å². The summed E-state index contributed by atoms with van der Waals surface area (Å²) in [6, 6.07) is 6.01. The van der Waals surface area contributed by atoms with Crippen molar-refractivity contribution in [1.82, 2.24) is 10.6 Å². The van der Waals surface area contributed by atoms with E-state index in [4.69, 9.17) is 12.2 Å². The summed E-state index contributed by atoms with van der Waals surface area (Å²) < 4.78 is 13.9. The topological polar surface area (TPSA) is 41.1 Å². The van der Waals surface area contributed by atoms with Crippen molar-refractivity contribution in [2.45, 2.75) is 25.3 Å². The molecule has 1 heterocycles. The fourth-order valence-corrected chi connectivity index (χ4v) is 2.89. The van der Waals surface area contributed by atoms with Gasteiger partial charge in [0.25, 0.3) is 0 Å². The van der Waals surface area contributed by atoms with Gasteiger partial charge in [-0.05, 0) is 31.1 Å². The molecule has 1 aliphatic carbocycles. The quantitative estimate of drug-likeness (QED) is 0.773. The molecule has 1 aromatic rings. The van der Waals surface area contributed by atoms with Crippen molar-refractivity contribution >= 4 is 23.1 Å². The lowest BCUT2D eigenvalue weighted by Crippen LogP contribution is -2.46. The van der Waals surface area contributed by atoms with E-state index in [0.717, 1.165) is 18.5 Å². The molecule has 0 unspecified atom stereocenters. The number of hydrogen-bond acceptors (Lipinski definition) is 2. The average Bonchev–Trinajstić information content (AvgIpc) is 2.38. The first-order valence-electron chi connectivity index (χ1n) is 6.25. The molecule has 0 saturated heterocycles. The third-order valence-corrected chi connectivity index (χ3v) is 3.72. The van der Waals surface area contributed by atoms with Gasteiger partial charge in [0.2, 0.25) is 0 Å². The zero-order valence-corrected chi connectivity index (χ0v) is 11.0. The summed E-state index contributed by atoms with van der Waals surface area (Å²) in [7, 11) is 0. The monoisotopic (exact) mass is 276 g/mol. The van der Waals surface area contributed by atoms with Crippen molar-refractivity contribution in [1.29, 1.82) is 0 Å². The molecule has 1 aliphatic heterocycles. The highest BCUT2D eigenvalue weighted by atomic mass is 32.1. The molecule has 0 saturated carbocycles. The number of nitrogens with one attached hydrogen (secondary N) is 2. The molecule has 5 heteroatoms. The first kappa shape index (κ1) is 12.3. The zero-order chi connectivity index (χ0) is 13.4. The third kappa shape index (κ3) is 2.14. The minimum absolute atomic E-state index is 0.0667. The maximum atomic E-state index is 13.9. The Morgan fingerprint density at radius 1 is 1.26 bits per heavy atom. The molecule has 3 rings (SSSR count). The number of ketones is 1. The van der Waals surface area contributed by atoms with Crippen LogP contribution in [0.4, 0.5) is 4.39 Å². The minimum Gasteiger partial charge on any atom is -0.351 e. The Hall–Kier alpha value is -1.75. The van der Waals surface area contributed by atoms with Gasteiger partial charge in [-0.2, -0.15) is 0 Å². The number of benzene rings is 1. The Labute approximate surface area is 115 Å². The van der Waals surface area contributed by atoms with Gasteiger partial charge < -0.3 is 10.6 Å². The van der Waals surface area contributed by atoms with E-state index in [1.165, 1.54) is 6.07 Å². The van der Waals surface area contributed by atoms with Crippen LogP contribution in [0.15, 0.2) is 35.5 Å². The van der Waals surface area contributed by atoms with Crippen molar-refractivity contribution in [2.75, 3.05) is 0 Å². The van der Waals surface area contributed by atoms with E-state index in [0.29, 0.717) is 22.7 Å². The fourth-order valence-electron chi connectivity index (χ4n) is 2.65. The summed E-state index contributed by atoms with van der Waals surface area (Å²) >= 11 is 5.14. The number of carbonyl (C=O) groups excluding carboxylic acids is 1. The van der Waals surface area contributed by atoms with Crippen LogP contribution in [0.3, 0.4) is 0 Å². The largest absolute Gasteiger partial charge is 0.351 e. The van der Waals surface area contributed by atoms with Crippen molar-refractivity contribution in [3.05, 3.63) is 46.9 Å². The van der Waals surface area contributed by atoms with Gasteiger partial charge in [-0.1, -0.05) is 18.2 Å². The number of allylic oxidation sites excluding steroid dienone is 1. The van der Waals surface area contributed by atoms with Gasteiger partial charge >= 0.3 is 0 Å². The van der Waals surface area contributed by atoms with Crippen LogP contribution < -0.4 is 10.6 Å². The molecule has 0 aromatic heterocycles. The SMILES string of the molecule is O=C1CCCC2=C1[C@@H](c1ccccc1F)NC(=S)N2. The minimum atomic E-state index is -0.474. The van der Waals surface area contributed by atoms with Crippen molar-refractivity contribution in [2.24, 2.45) is 0 Å². The molecular weight excluding hydrogens is 263 g/mol. The molecule has 1 aromatic carbocycles. The van der Waals surface area contributed by atoms with Crippen LogP contribution in [-0.2, 0) is 4.79 Å². The van der Waals surface area contributed by atoms with Gasteiger partial charge in [0.1, 0.15) is 5.82 Å². The zero-order valence-electron chi connectivity index (χ0n) is 10.2. The Balaban J connectivity index is 2.11. The Morgan fingerprint density at radius 2 is 2.05 bits per heavy atom. The van der Waals surface area contributed by atoms with E-state index in [-0.39, 0.29) is 11.6 Å². The molecule has 2 aliphatic rings. The smallest absolute Gasteiger partial charge is 0.171 e. The number of Topliss-reactive ketones (excluding diaryl/α,β-unsaturated/α-hetero) is 1. The second-order valence-corrected chi connectivity index (χ2v) is 5.13. The van der Waals surface area contributed by atoms with E-state index in [9.17, 15) is 9.18 Å². The summed E-state index contributed by atoms with van der Waals surface area (Å²) in [5.74, 6) is -0.257. The van der Waals surface area contributed by atoms with E-state index < -0.39 is 6.04 Å². The predicted octanol–water partition coefficient (Wildman–Crippen LogP) is 2.35. The van der Waals surface area contributed by atoms with Crippen LogP contribution in [-0.4, -0.2) is 10.9 Å². The van der Waals surface area contributed by atoms with Gasteiger partial charge in [0.05, 0.1) is 6.04 Å². The lowest BCUT2D eigenvalue weighted by Gasteiger charge is -2.33. The summed E-state index contributed by atoms with van der Waals surface area (Å²) in [5.41, 5.74) is 1.94. The molecule has 3 nitrogen and oxygen atoms in total. The number of halogens is 1. The second kappa shape index (κ2) is 4.74. The standard InChI is InChI=1S/C14H13FN2OS/c15-9-5-2-1-4-8(9)13-12-10(16-14(19)17-13)6-3-7-11(12)18/h1-2,4-5,13H,3,6-7H2,(H2,16,17,19)/t13-/m1/s1. The normalized spacial score (nSPS) is 22.7. The summed E-state index contributed by atoms with van der Waals surface area (Å²) in [5, 5.41) is 6.48. The lowest BCUT2D eigenvalue weighted by atomic mass is 9.85. The molecule has 98 valence electrons. The molecule has 2 N–H and O–H groups in total. The number of thiocarbonyl (C=S) groups is 1. The molecule has 1 atom stereocenters. The maximum Gasteiger partial charge on any atom is 0.171 e. The average molecular weight is 276 g/mol. The van der Waals surface area contributed by atoms with Gasteiger partial charge in [-0.3, -0.25) is 4.79 Å².